The van der Waals surface area contributed by atoms with E-state index in [1.165, 1.54) is 5.57 Å². The molecule has 0 aliphatic heterocycles. The average Bonchev–Trinajstić information content (AvgIpc) is 2.32. The van der Waals surface area contributed by atoms with Gasteiger partial charge in [0.15, 0.2) is 0 Å². The number of pyridine rings is 1. The van der Waals surface area contributed by atoms with Gasteiger partial charge in [-0.2, -0.15) is 0 Å². The van der Waals surface area contributed by atoms with Gasteiger partial charge in [0.05, 0.1) is 11.2 Å². The molecule has 3 heteroatoms. The minimum atomic E-state index is 0.765. The molecule has 1 heterocycles. The fourth-order valence-electron chi connectivity index (χ4n) is 1.70. The SMILES string of the molecule is CC(C)=CCNc1ccc(N)c2cccnc12. The van der Waals surface area contributed by atoms with E-state index in [9.17, 15) is 0 Å². The molecule has 0 spiro atoms. The lowest BCUT2D eigenvalue weighted by Crippen LogP contribution is -2.01. The van der Waals surface area contributed by atoms with Crippen molar-refractivity contribution in [2.75, 3.05) is 17.6 Å². The fourth-order valence-corrected chi connectivity index (χ4v) is 1.70. The number of anilines is 2. The average molecular weight is 227 g/mol. The van der Waals surface area contributed by atoms with Crippen molar-refractivity contribution in [3.63, 3.8) is 0 Å². The lowest BCUT2D eigenvalue weighted by atomic mass is 10.1. The smallest absolute Gasteiger partial charge is 0.0953 e. The molecule has 3 nitrogen and oxygen atoms in total. The number of hydrogen-bond acceptors (Lipinski definition) is 3. The van der Waals surface area contributed by atoms with Gasteiger partial charge < -0.3 is 11.1 Å². The van der Waals surface area contributed by atoms with Gasteiger partial charge in [-0.05, 0) is 38.1 Å². The summed E-state index contributed by atoms with van der Waals surface area (Å²) in [7, 11) is 0. The first kappa shape index (κ1) is 11.5. The van der Waals surface area contributed by atoms with Crippen LogP contribution in [0.4, 0.5) is 11.4 Å². The van der Waals surface area contributed by atoms with E-state index in [1.807, 2.05) is 24.3 Å². The van der Waals surface area contributed by atoms with Gasteiger partial charge in [-0.1, -0.05) is 11.6 Å². The quantitative estimate of drug-likeness (QED) is 0.625. The number of aromatic nitrogens is 1. The van der Waals surface area contributed by atoms with Crippen molar-refractivity contribution >= 4 is 22.3 Å². The van der Waals surface area contributed by atoms with E-state index >= 15 is 0 Å². The van der Waals surface area contributed by atoms with Gasteiger partial charge in [0.1, 0.15) is 0 Å². The maximum absolute atomic E-state index is 5.92. The fraction of sp³-hybridized carbons (Fsp3) is 0.214. The Labute approximate surface area is 101 Å². The van der Waals surface area contributed by atoms with E-state index in [-0.39, 0.29) is 0 Å². The topological polar surface area (TPSA) is 50.9 Å². The molecule has 3 N–H and O–H groups in total. The number of nitrogens with zero attached hydrogens (tertiary/aromatic N) is 1. The van der Waals surface area contributed by atoms with Gasteiger partial charge in [-0.3, -0.25) is 4.98 Å². The number of allylic oxidation sites excluding steroid dienone is 1. The molecule has 0 saturated carbocycles. The second-order valence-electron chi connectivity index (χ2n) is 4.26. The van der Waals surface area contributed by atoms with Crippen LogP contribution in [0.15, 0.2) is 42.1 Å². The highest BCUT2D eigenvalue weighted by molar-refractivity contribution is 5.98. The first-order valence-corrected chi connectivity index (χ1v) is 5.69. The summed E-state index contributed by atoms with van der Waals surface area (Å²) in [4.78, 5) is 4.38. The number of nitrogen functional groups attached to an aromatic ring is 1. The summed E-state index contributed by atoms with van der Waals surface area (Å²) in [5.74, 6) is 0. The molecule has 0 fully saturated rings. The third kappa shape index (κ3) is 2.56. The Morgan fingerprint density at radius 1 is 1.35 bits per heavy atom. The molecule has 0 saturated heterocycles. The van der Waals surface area contributed by atoms with E-state index in [2.05, 4.69) is 30.2 Å². The van der Waals surface area contributed by atoms with Crippen LogP contribution in [-0.2, 0) is 0 Å². The van der Waals surface area contributed by atoms with E-state index in [1.54, 1.807) is 6.20 Å². The van der Waals surface area contributed by atoms with Gasteiger partial charge in [0.2, 0.25) is 0 Å². The maximum atomic E-state index is 5.92. The van der Waals surface area contributed by atoms with Crippen molar-refractivity contribution in [2.24, 2.45) is 0 Å². The number of nitrogens with one attached hydrogen (secondary N) is 1. The van der Waals surface area contributed by atoms with Gasteiger partial charge in [0, 0.05) is 23.8 Å². The number of benzene rings is 1. The highest BCUT2D eigenvalue weighted by Gasteiger charge is 2.03. The second kappa shape index (κ2) is 4.87. The van der Waals surface area contributed by atoms with E-state index in [4.69, 9.17) is 5.73 Å². The molecular weight excluding hydrogens is 210 g/mol. The Morgan fingerprint density at radius 3 is 2.94 bits per heavy atom. The molecule has 0 aliphatic rings. The third-order valence-electron chi connectivity index (χ3n) is 2.61. The Kier molecular flexibility index (Phi) is 3.28. The van der Waals surface area contributed by atoms with Crippen LogP contribution in [0.5, 0.6) is 0 Å². The van der Waals surface area contributed by atoms with Crippen molar-refractivity contribution in [3.8, 4) is 0 Å². The molecule has 88 valence electrons. The molecule has 2 rings (SSSR count). The molecule has 0 aliphatic carbocycles. The van der Waals surface area contributed by atoms with Crippen LogP contribution >= 0.6 is 0 Å². The summed E-state index contributed by atoms with van der Waals surface area (Å²) in [6.45, 7) is 4.97. The van der Waals surface area contributed by atoms with Crippen LogP contribution in [0.25, 0.3) is 10.9 Å². The minimum Gasteiger partial charge on any atom is -0.398 e. The molecule has 2 aromatic rings. The lowest BCUT2D eigenvalue weighted by molar-refractivity contribution is 1.26. The Balaban J connectivity index is 2.35. The molecule has 1 aromatic carbocycles. The first-order chi connectivity index (χ1) is 8.18. The zero-order chi connectivity index (χ0) is 12.3. The molecule has 0 atom stereocenters. The Hall–Kier alpha value is -2.03. The second-order valence-corrected chi connectivity index (χ2v) is 4.26. The molecule has 1 aromatic heterocycles. The van der Waals surface area contributed by atoms with Gasteiger partial charge in [-0.15, -0.1) is 0 Å². The maximum Gasteiger partial charge on any atom is 0.0953 e. The Morgan fingerprint density at radius 2 is 2.18 bits per heavy atom. The van der Waals surface area contributed by atoms with Gasteiger partial charge >= 0.3 is 0 Å². The predicted molar refractivity (Wildman–Crippen MR) is 74.1 cm³/mol. The highest BCUT2D eigenvalue weighted by Crippen LogP contribution is 2.25. The van der Waals surface area contributed by atoms with Crippen molar-refractivity contribution < 1.29 is 0 Å². The summed E-state index contributed by atoms with van der Waals surface area (Å²) >= 11 is 0. The summed E-state index contributed by atoms with van der Waals surface area (Å²) < 4.78 is 0. The van der Waals surface area contributed by atoms with Crippen LogP contribution in [0.1, 0.15) is 13.8 Å². The lowest BCUT2D eigenvalue weighted by Gasteiger charge is -2.09. The van der Waals surface area contributed by atoms with Gasteiger partial charge in [-0.25, -0.2) is 0 Å². The summed E-state index contributed by atoms with van der Waals surface area (Å²) in [5, 5.41) is 4.35. The first-order valence-electron chi connectivity index (χ1n) is 5.69. The molecule has 0 bridgehead atoms. The largest absolute Gasteiger partial charge is 0.398 e. The summed E-state index contributed by atoms with van der Waals surface area (Å²) in [6, 6.07) is 7.78. The van der Waals surface area contributed by atoms with Crippen molar-refractivity contribution in [2.45, 2.75) is 13.8 Å². The summed E-state index contributed by atoms with van der Waals surface area (Å²) in [6.07, 6.45) is 3.93. The summed E-state index contributed by atoms with van der Waals surface area (Å²) in [5.41, 5.74) is 9.93. The molecule has 0 unspecified atom stereocenters. The zero-order valence-corrected chi connectivity index (χ0v) is 10.2. The normalized spacial score (nSPS) is 10.2. The van der Waals surface area contributed by atoms with Crippen molar-refractivity contribution in [3.05, 3.63) is 42.1 Å². The van der Waals surface area contributed by atoms with E-state index in [0.29, 0.717) is 0 Å². The third-order valence-corrected chi connectivity index (χ3v) is 2.61. The predicted octanol–water partition coefficient (Wildman–Crippen LogP) is 3.20. The van der Waals surface area contributed by atoms with Crippen LogP contribution < -0.4 is 11.1 Å². The van der Waals surface area contributed by atoms with Crippen molar-refractivity contribution in [1.82, 2.24) is 4.98 Å². The van der Waals surface area contributed by atoms with Gasteiger partial charge in [0.25, 0.3) is 0 Å². The number of rotatable bonds is 3. The molecule has 17 heavy (non-hydrogen) atoms. The number of hydrogen-bond donors (Lipinski definition) is 2. The molecule has 0 radical (unpaired) electrons. The van der Waals surface area contributed by atoms with E-state index < -0.39 is 0 Å². The number of fused-ring (bicyclic) bond motifs is 1. The van der Waals surface area contributed by atoms with Crippen LogP contribution in [0.3, 0.4) is 0 Å². The molecule has 0 amide bonds. The highest BCUT2D eigenvalue weighted by atomic mass is 14.9. The monoisotopic (exact) mass is 227 g/mol. The zero-order valence-electron chi connectivity index (χ0n) is 10.2. The standard InChI is InChI=1S/C14H17N3/c1-10(2)7-9-16-13-6-5-12(15)11-4-3-8-17-14(11)13/h3-8,16H,9,15H2,1-2H3. The van der Waals surface area contributed by atoms with Crippen LogP contribution in [-0.4, -0.2) is 11.5 Å². The minimum absolute atomic E-state index is 0.765. The van der Waals surface area contributed by atoms with Crippen LogP contribution in [0, 0.1) is 0 Å². The Bertz CT molecular complexity index is 554. The van der Waals surface area contributed by atoms with Crippen LogP contribution in [0.2, 0.25) is 0 Å². The number of nitrogens with two attached hydrogens (primary N) is 1. The van der Waals surface area contributed by atoms with Crippen molar-refractivity contribution in [1.29, 1.82) is 0 Å². The van der Waals surface area contributed by atoms with E-state index in [0.717, 1.165) is 28.8 Å². The molecular formula is C14H17N3.